The van der Waals surface area contributed by atoms with Crippen LogP contribution in [0.5, 0.6) is 0 Å². The van der Waals surface area contributed by atoms with Crippen LogP contribution in [0.1, 0.15) is 0 Å². The topological polar surface area (TPSA) is 60.7 Å². The molecule has 0 aliphatic carbocycles. The average molecular weight is 142 g/mol. The van der Waals surface area contributed by atoms with E-state index in [1.165, 1.54) is 0 Å². The van der Waals surface area contributed by atoms with Crippen LogP contribution in [0, 0.1) is 0 Å². The predicted molar refractivity (Wildman–Crippen MR) is 31.3 cm³/mol. The summed E-state index contributed by atoms with van der Waals surface area (Å²) in [5, 5.41) is 0. The Morgan fingerprint density at radius 3 is 1.71 bits per heavy atom. The molecular weight excluding hydrogens is 134 g/mol. The molecule has 0 aromatic rings. The molecule has 7 heavy (non-hydrogen) atoms. The van der Waals surface area contributed by atoms with E-state index in [4.69, 9.17) is 14.7 Å². The fourth-order valence-electron chi connectivity index (χ4n) is 0.183. The molecule has 0 amide bonds. The van der Waals surface area contributed by atoms with E-state index in [0.29, 0.717) is 0 Å². The molecule has 3 N–H and O–H groups in total. The van der Waals surface area contributed by atoms with Crippen LogP contribution < -0.4 is 0 Å². The van der Waals surface area contributed by atoms with Crippen molar-refractivity contribution in [2.75, 3.05) is 12.6 Å². The second-order valence-corrected chi connectivity index (χ2v) is 4.36. The van der Waals surface area contributed by atoms with Crippen molar-refractivity contribution < 1.29 is 14.7 Å². The average Bonchev–Trinajstić information content (AvgIpc) is 1.27. The number of rotatable bonds is 2. The van der Waals surface area contributed by atoms with Crippen molar-refractivity contribution in [1.29, 1.82) is 0 Å². The van der Waals surface area contributed by atoms with Gasteiger partial charge in [0.25, 0.3) is 0 Å². The Hall–Kier alpha value is 0.740. The zero-order chi connectivity index (χ0) is 5.86. The molecule has 0 aliphatic rings. The summed E-state index contributed by atoms with van der Waals surface area (Å²) < 4.78 is 0. The van der Waals surface area contributed by atoms with Crippen molar-refractivity contribution in [2.24, 2.45) is 0 Å². The highest BCUT2D eigenvalue weighted by molar-refractivity contribution is 7.65. The standard InChI is InChI=1S/C2H8O3P2/c1-6(3)2-7(4)5/h3-5H,2H2,1H3. The minimum Gasteiger partial charge on any atom is -0.374 e. The van der Waals surface area contributed by atoms with Crippen molar-refractivity contribution in [3.05, 3.63) is 0 Å². The molecule has 0 bridgehead atoms. The largest absolute Gasteiger partial charge is 0.374 e. The second kappa shape index (κ2) is 3.71. The Labute approximate surface area is 44.7 Å². The highest BCUT2D eigenvalue weighted by Gasteiger charge is 2.01. The molecule has 0 aliphatic heterocycles. The molecule has 0 saturated carbocycles. The van der Waals surface area contributed by atoms with Crippen LogP contribution in [0.2, 0.25) is 0 Å². The SMILES string of the molecule is CP(O)CP(O)O. The smallest absolute Gasteiger partial charge is 0.171 e. The number of hydrogen-bond donors (Lipinski definition) is 3. The first kappa shape index (κ1) is 7.74. The van der Waals surface area contributed by atoms with Crippen LogP contribution in [0.25, 0.3) is 0 Å². The maximum atomic E-state index is 8.48. The molecule has 0 saturated heterocycles. The van der Waals surface area contributed by atoms with Crippen LogP contribution in [0.3, 0.4) is 0 Å². The van der Waals surface area contributed by atoms with E-state index >= 15 is 0 Å². The highest BCUT2D eigenvalue weighted by atomic mass is 31.2. The molecule has 0 aromatic carbocycles. The molecule has 44 valence electrons. The first-order valence-electron chi connectivity index (χ1n) is 1.68. The molecule has 0 heterocycles. The molecule has 0 rings (SSSR count). The molecule has 1 unspecified atom stereocenters. The van der Waals surface area contributed by atoms with Gasteiger partial charge in [0.1, 0.15) is 0 Å². The summed E-state index contributed by atoms with van der Waals surface area (Å²) in [6.07, 6.45) is 0. The zero-order valence-corrected chi connectivity index (χ0v) is 5.73. The Kier molecular flexibility index (Phi) is 4.10. The molecule has 0 radical (unpaired) electrons. The van der Waals surface area contributed by atoms with Crippen LogP contribution >= 0.6 is 16.5 Å². The molecule has 0 aromatic heterocycles. The lowest BCUT2D eigenvalue weighted by Crippen LogP contribution is -1.76. The van der Waals surface area contributed by atoms with E-state index in [0.717, 1.165) is 0 Å². The zero-order valence-electron chi connectivity index (χ0n) is 3.94. The van der Waals surface area contributed by atoms with Gasteiger partial charge < -0.3 is 14.7 Å². The van der Waals surface area contributed by atoms with Crippen molar-refractivity contribution in [3.63, 3.8) is 0 Å². The molecule has 0 fully saturated rings. The van der Waals surface area contributed by atoms with Crippen LogP contribution in [0.15, 0.2) is 0 Å². The number of hydrogen-bond acceptors (Lipinski definition) is 3. The van der Waals surface area contributed by atoms with Gasteiger partial charge in [0.2, 0.25) is 0 Å². The summed E-state index contributed by atoms with van der Waals surface area (Å²) in [4.78, 5) is 24.9. The fraction of sp³-hybridized carbons (Fsp3) is 1.00. The molecule has 3 nitrogen and oxygen atoms in total. The second-order valence-electron chi connectivity index (χ2n) is 1.17. The molecule has 1 atom stereocenters. The lowest BCUT2D eigenvalue weighted by atomic mass is 11.9. The van der Waals surface area contributed by atoms with Gasteiger partial charge in [0, 0.05) is 8.15 Å². The first-order valence-corrected chi connectivity index (χ1v) is 5.04. The maximum absolute atomic E-state index is 8.48. The van der Waals surface area contributed by atoms with Gasteiger partial charge in [-0.25, -0.2) is 0 Å². The van der Waals surface area contributed by atoms with Gasteiger partial charge in [-0.3, -0.25) is 0 Å². The van der Waals surface area contributed by atoms with Crippen LogP contribution in [0.4, 0.5) is 0 Å². The third kappa shape index (κ3) is 6.74. The Bertz CT molecular complexity index is 40.2. The molecule has 5 heteroatoms. The quantitative estimate of drug-likeness (QED) is 0.484. The van der Waals surface area contributed by atoms with Gasteiger partial charge >= 0.3 is 0 Å². The van der Waals surface area contributed by atoms with E-state index in [2.05, 4.69) is 0 Å². The summed E-state index contributed by atoms with van der Waals surface area (Å²) in [6, 6.07) is 0. The van der Waals surface area contributed by atoms with Crippen LogP contribution in [-0.4, -0.2) is 27.2 Å². The third-order valence-electron chi connectivity index (χ3n) is 0.331. The summed E-state index contributed by atoms with van der Waals surface area (Å²) in [5.41, 5.74) is 0. The van der Waals surface area contributed by atoms with Crippen molar-refractivity contribution in [1.82, 2.24) is 0 Å². The summed E-state index contributed by atoms with van der Waals surface area (Å²) in [7, 11) is -2.97. The van der Waals surface area contributed by atoms with Crippen molar-refractivity contribution in [2.45, 2.75) is 0 Å². The summed E-state index contributed by atoms with van der Waals surface area (Å²) >= 11 is 0. The monoisotopic (exact) mass is 142 g/mol. The summed E-state index contributed by atoms with van der Waals surface area (Å²) in [6.45, 7) is 1.58. The highest BCUT2D eigenvalue weighted by Crippen LogP contribution is 2.39. The van der Waals surface area contributed by atoms with Gasteiger partial charge in [0.15, 0.2) is 8.38 Å². The fourth-order valence-corrected chi connectivity index (χ4v) is 1.65. The third-order valence-corrected chi connectivity index (χ3v) is 2.98. The predicted octanol–water partition coefficient (Wildman–Crippen LogP) is 0.259. The molecule has 0 spiro atoms. The lowest BCUT2D eigenvalue weighted by Gasteiger charge is -2.02. The normalized spacial score (nSPS) is 15.0. The van der Waals surface area contributed by atoms with Crippen molar-refractivity contribution >= 4 is 16.5 Å². The minimum absolute atomic E-state index is 0.157. The molecular formula is C2H8O3P2. The van der Waals surface area contributed by atoms with E-state index in [1.54, 1.807) is 6.66 Å². The maximum Gasteiger partial charge on any atom is 0.171 e. The Balaban J connectivity index is 2.95. The Morgan fingerprint density at radius 1 is 1.29 bits per heavy atom. The summed E-state index contributed by atoms with van der Waals surface area (Å²) in [5.74, 6) is 0.157. The van der Waals surface area contributed by atoms with Gasteiger partial charge in [0.05, 0.1) is 5.90 Å². The van der Waals surface area contributed by atoms with Crippen LogP contribution in [-0.2, 0) is 0 Å². The van der Waals surface area contributed by atoms with E-state index < -0.39 is 16.5 Å². The van der Waals surface area contributed by atoms with Gasteiger partial charge in [-0.1, -0.05) is 0 Å². The van der Waals surface area contributed by atoms with Gasteiger partial charge in [-0.2, -0.15) is 0 Å². The van der Waals surface area contributed by atoms with E-state index in [9.17, 15) is 0 Å². The van der Waals surface area contributed by atoms with E-state index in [-0.39, 0.29) is 5.90 Å². The first-order chi connectivity index (χ1) is 3.13. The minimum atomic E-state index is -1.86. The van der Waals surface area contributed by atoms with Gasteiger partial charge in [-0.15, -0.1) is 0 Å². The Morgan fingerprint density at radius 2 is 1.71 bits per heavy atom. The van der Waals surface area contributed by atoms with Crippen molar-refractivity contribution in [3.8, 4) is 0 Å². The lowest BCUT2D eigenvalue weighted by molar-refractivity contribution is 0.487. The van der Waals surface area contributed by atoms with Gasteiger partial charge in [-0.05, 0) is 6.66 Å². The van der Waals surface area contributed by atoms with E-state index in [1.807, 2.05) is 0 Å².